The second kappa shape index (κ2) is 7.40. The zero-order valence-corrected chi connectivity index (χ0v) is 13.8. The highest BCUT2D eigenvalue weighted by Crippen LogP contribution is 2.35. The summed E-state index contributed by atoms with van der Waals surface area (Å²) in [6.45, 7) is 7.86. The van der Waals surface area contributed by atoms with Crippen LogP contribution in [0.25, 0.3) is 0 Å². The van der Waals surface area contributed by atoms with Gasteiger partial charge in [-0.15, -0.1) is 0 Å². The fourth-order valence-electron chi connectivity index (χ4n) is 3.61. The lowest BCUT2D eigenvalue weighted by molar-refractivity contribution is 0.280. The Labute approximate surface area is 129 Å². The van der Waals surface area contributed by atoms with E-state index in [9.17, 15) is 4.39 Å². The van der Waals surface area contributed by atoms with Gasteiger partial charge in [0.15, 0.2) is 0 Å². The molecule has 1 aromatic rings. The third-order valence-electron chi connectivity index (χ3n) is 5.14. The molecule has 0 bridgehead atoms. The number of hydrogen-bond acceptors (Lipinski definition) is 1. The molecule has 1 nitrogen and oxygen atoms in total. The molecule has 1 atom stereocenters. The smallest absolute Gasteiger partial charge is 0.123 e. The van der Waals surface area contributed by atoms with Gasteiger partial charge in [0.1, 0.15) is 5.82 Å². The summed E-state index contributed by atoms with van der Waals surface area (Å²) in [5.41, 5.74) is 1.27. The second-order valence-electron chi connectivity index (χ2n) is 7.12. The van der Waals surface area contributed by atoms with E-state index in [2.05, 4.69) is 26.1 Å². The van der Waals surface area contributed by atoms with Crippen molar-refractivity contribution in [2.45, 2.75) is 70.8 Å². The largest absolute Gasteiger partial charge is 0.313 e. The Morgan fingerprint density at radius 1 is 1.19 bits per heavy atom. The van der Waals surface area contributed by atoms with Gasteiger partial charge in [-0.2, -0.15) is 0 Å². The predicted molar refractivity (Wildman–Crippen MR) is 88.1 cm³/mol. The molecule has 1 fully saturated rings. The molecular weight excluding hydrogens is 261 g/mol. The van der Waals surface area contributed by atoms with Gasteiger partial charge in [-0.3, -0.25) is 0 Å². The molecule has 118 valence electrons. The number of rotatable bonds is 7. The third kappa shape index (κ3) is 4.29. The van der Waals surface area contributed by atoms with E-state index < -0.39 is 0 Å². The number of nitrogens with one attached hydrogen (secondary N) is 1. The Hall–Kier alpha value is -0.890. The van der Waals surface area contributed by atoms with Crippen molar-refractivity contribution in [3.8, 4) is 0 Å². The summed E-state index contributed by atoms with van der Waals surface area (Å²) in [6, 6.07) is 7.54. The molecule has 1 unspecified atom stereocenters. The molecule has 2 heteroatoms. The van der Waals surface area contributed by atoms with Gasteiger partial charge in [0.05, 0.1) is 0 Å². The van der Waals surface area contributed by atoms with E-state index in [1.807, 2.05) is 12.1 Å². The van der Waals surface area contributed by atoms with Gasteiger partial charge in [0, 0.05) is 11.5 Å². The van der Waals surface area contributed by atoms with E-state index in [0.29, 0.717) is 6.04 Å². The molecule has 1 N–H and O–H groups in total. The van der Waals surface area contributed by atoms with Crippen LogP contribution in [0.3, 0.4) is 0 Å². The number of halogens is 1. The van der Waals surface area contributed by atoms with E-state index in [1.165, 1.54) is 37.7 Å². The fourth-order valence-corrected chi connectivity index (χ4v) is 3.61. The SMILES string of the molecule is CCCNC(CC1CCCC1)C(C)(C)c1ccc(F)cc1. The van der Waals surface area contributed by atoms with Crippen molar-refractivity contribution in [1.29, 1.82) is 0 Å². The number of hydrogen-bond donors (Lipinski definition) is 1. The quantitative estimate of drug-likeness (QED) is 0.741. The molecule has 1 aliphatic carbocycles. The van der Waals surface area contributed by atoms with Crippen molar-refractivity contribution < 1.29 is 4.39 Å². The Bertz CT molecular complexity index is 418. The Morgan fingerprint density at radius 2 is 1.81 bits per heavy atom. The maximum Gasteiger partial charge on any atom is 0.123 e. The predicted octanol–water partition coefficient (Wildman–Crippen LogP) is 5.05. The van der Waals surface area contributed by atoms with Crippen molar-refractivity contribution in [2.75, 3.05) is 6.54 Å². The van der Waals surface area contributed by atoms with Crippen LogP contribution in [0.5, 0.6) is 0 Å². The molecule has 1 saturated carbocycles. The highest BCUT2D eigenvalue weighted by Gasteiger charge is 2.33. The molecule has 21 heavy (non-hydrogen) atoms. The summed E-state index contributed by atoms with van der Waals surface area (Å²) in [5.74, 6) is 0.711. The van der Waals surface area contributed by atoms with Crippen LogP contribution in [0.1, 0.15) is 64.9 Å². The minimum Gasteiger partial charge on any atom is -0.313 e. The first kappa shape index (κ1) is 16.5. The molecule has 0 aliphatic heterocycles. The molecule has 0 amide bonds. The zero-order valence-electron chi connectivity index (χ0n) is 13.8. The molecule has 2 rings (SSSR count). The first-order valence-electron chi connectivity index (χ1n) is 8.53. The molecular formula is C19H30FN. The monoisotopic (exact) mass is 291 g/mol. The third-order valence-corrected chi connectivity index (χ3v) is 5.14. The maximum absolute atomic E-state index is 13.2. The molecule has 1 aromatic carbocycles. The van der Waals surface area contributed by atoms with Gasteiger partial charge >= 0.3 is 0 Å². The summed E-state index contributed by atoms with van der Waals surface area (Å²) in [7, 11) is 0. The van der Waals surface area contributed by atoms with E-state index in [0.717, 1.165) is 18.9 Å². The zero-order chi connectivity index (χ0) is 15.3. The van der Waals surface area contributed by atoms with Gasteiger partial charge in [-0.05, 0) is 43.0 Å². The highest BCUT2D eigenvalue weighted by atomic mass is 19.1. The van der Waals surface area contributed by atoms with Gasteiger partial charge in [0.2, 0.25) is 0 Å². The summed E-state index contributed by atoms with van der Waals surface area (Å²) >= 11 is 0. The normalized spacial score (nSPS) is 18.1. The van der Waals surface area contributed by atoms with Crippen molar-refractivity contribution in [3.05, 3.63) is 35.6 Å². The van der Waals surface area contributed by atoms with Gasteiger partial charge < -0.3 is 5.32 Å². The first-order valence-corrected chi connectivity index (χ1v) is 8.53. The fraction of sp³-hybridized carbons (Fsp3) is 0.684. The van der Waals surface area contributed by atoms with Gasteiger partial charge in [-0.1, -0.05) is 58.6 Å². The van der Waals surface area contributed by atoms with Crippen molar-refractivity contribution in [2.24, 2.45) is 5.92 Å². The molecule has 0 heterocycles. The van der Waals surface area contributed by atoms with Crippen LogP contribution >= 0.6 is 0 Å². The Kier molecular flexibility index (Phi) is 5.80. The van der Waals surface area contributed by atoms with Crippen LogP contribution in [0, 0.1) is 11.7 Å². The van der Waals surface area contributed by atoms with Crippen LogP contribution in [0.2, 0.25) is 0 Å². The Balaban J connectivity index is 2.13. The number of benzene rings is 1. The molecule has 1 aliphatic rings. The summed E-state index contributed by atoms with van der Waals surface area (Å²) in [5, 5.41) is 3.76. The molecule has 0 spiro atoms. The van der Waals surface area contributed by atoms with Crippen LogP contribution in [-0.2, 0) is 5.41 Å². The van der Waals surface area contributed by atoms with Crippen LogP contribution in [-0.4, -0.2) is 12.6 Å². The van der Waals surface area contributed by atoms with Crippen LogP contribution in [0.4, 0.5) is 4.39 Å². The van der Waals surface area contributed by atoms with E-state index in [4.69, 9.17) is 0 Å². The molecule has 0 saturated heterocycles. The lowest BCUT2D eigenvalue weighted by Crippen LogP contribution is -2.46. The van der Waals surface area contributed by atoms with Crippen LogP contribution < -0.4 is 5.32 Å². The average molecular weight is 291 g/mol. The first-order chi connectivity index (χ1) is 10.0. The van der Waals surface area contributed by atoms with Gasteiger partial charge in [0.25, 0.3) is 0 Å². The van der Waals surface area contributed by atoms with Crippen molar-refractivity contribution >= 4 is 0 Å². The molecule has 0 aromatic heterocycles. The van der Waals surface area contributed by atoms with E-state index >= 15 is 0 Å². The Morgan fingerprint density at radius 3 is 2.38 bits per heavy atom. The van der Waals surface area contributed by atoms with Crippen LogP contribution in [0.15, 0.2) is 24.3 Å². The highest BCUT2D eigenvalue weighted by molar-refractivity contribution is 5.26. The maximum atomic E-state index is 13.2. The average Bonchev–Trinajstić information content (AvgIpc) is 2.96. The summed E-state index contributed by atoms with van der Waals surface area (Å²) < 4.78 is 13.2. The van der Waals surface area contributed by atoms with E-state index in [1.54, 1.807) is 12.1 Å². The van der Waals surface area contributed by atoms with E-state index in [-0.39, 0.29) is 11.2 Å². The summed E-state index contributed by atoms with van der Waals surface area (Å²) in [4.78, 5) is 0. The standard InChI is InChI=1S/C19H30FN/c1-4-13-21-18(14-15-7-5-6-8-15)19(2,3)16-9-11-17(20)12-10-16/h9-12,15,18,21H,4-8,13-14H2,1-3H3. The second-order valence-corrected chi connectivity index (χ2v) is 7.12. The van der Waals surface area contributed by atoms with Crippen molar-refractivity contribution in [3.63, 3.8) is 0 Å². The van der Waals surface area contributed by atoms with Crippen molar-refractivity contribution in [1.82, 2.24) is 5.32 Å². The lowest BCUT2D eigenvalue weighted by Gasteiger charge is -2.37. The lowest BCUT2D eigenvalue weighted by atomic mass is 9.74. The topological polar surface area (TPSA) is 12.0 Å². The molecule has 0 radical (unpaired) electrons. The summed E-state index contributed by atoms with van der Waals surface area (Å²) in [6.07, 6.45) is 7.93. The van der Waals surface area contributed by atoms with Gasteiger partial charge in [-0.25, -0.2) is 4.39 Å². The minimum absolute atomic E-state index is 0.0332. The minimum atomic E-state index is -0.150.